The molecule has 0 aliphatic carbocycles. The molecule has 0 radical (unpaired) electrons. The lowest BCUT2D eigenvalue weighted by molar-refractivity contribution is 0.102. The Bertz CT molecular complexity index is 543. The van der Waals surface area contributed by atoms with Gasteiger partial charge < -0.3 is 0 Å². The lowest BCUT2D eigenvalue weighted by atomic mass is 10.3. The fourth-order valence-electron chi connectivity index (χ4n) is 1.29. The van der Waals surface area contributed by atoms with E-state index in [9.17, 15) is 4.79 Å². The number of thiophene rings is 1. The molecule has 4 nitrogen and oxygen atoms in total. The molecule has 0 aliphatic rings. The van der Waals surface area contributed by atoms with Crippen LogP contribution in [-0.4, -0.2) is 17.0 Å². The zero-order valence-electron chi connectivity index (χ0n) is 9.43. The van der Waals surface area contributed by atoms with E-state index in [1.54, 1.807) is 24.5 Å². The highest BCUT2D eigenvalue weighted by Crippen LogP contribution is 2.22. The molecule has 0 bridgehead atoms. The summed E-state index contributed by atoms with van der Waals surface area (Å²) in [7, 11) is 0. The molecule has 0 aromatic carbocycles. The number of nitrogens with zero attached hydrogens (tertiary/aromatic N) is 2. The number of hydrogen-bond donors (Lipinski definition) is 1. The molecule has 0 saturated heterocycles. The van der Waals surface area contributed by atoms with Gasteiger partial charge >= 0.3 is 0 Å². The second-order valence-electron chi connectivity index (χ2n) is 3.38. The standard InChI is InChI=1S/C11H11N3OS2/c1-7-10(8(2)15)17-11(13-7)14-12-6-9-4-3-5-16-9/h3-6H,1-2H3,(H,13,14)/b12-6-. The Labute approximate surface area is 107 Å². The first-order chi connectivity index (χ1) is 8.16. The number of aromatic nitrogens is 1. The summed E-state index contributed by atoms with van der Waals surface area (Å²) in [6.07, 6.45) is 1.73. The molecule has 0 amide bonds. The number of aryl methyl sites for hydroxylation is 1. The van der Waals surface area contributed by atoms with Gasteiger partial charge in [-0.05, 0) is 18.4 Å². The molecule has 0 spiro atoms. The van der Waals surface area contributed by atoms with Crippen LogP contribution in [0.3, 0.4) is 0 Å². The number of carbonyl (C=O) groups is 1. The average molecular weight is 265 g/mol. The molecule has 88 valence electrons. The highest BCUT2D eigenvalue weighted by molar-refractivity contribution is 7.17. The van der Waals surface area contributed by atoms with Crippen molar-refractivity contribution < 1.29 is 4.79 Å². The number of ketones is 1. The minimum atomic E-state index is 0.0373. The summed E-state index contributed by atoms with van der Waals surface area (Å²) in [6, 6.07) is 3.94. The zero-order chi connectivity index (χ0) is 12.3. The summed E-state index contributed by atoms with van der Waals surface area (Å²) < 4.78 is 0. The van der Waals surface area contributed by atoms with Crippen molar-refractivity contribution in [1.82, 2.24) is 4.98 Å². The Kier molecular flexibility index (Phi) is 3.65. The summed E-state index contributed by atoms with van der Waals surface area (Å²) >= 11 is 2.93. The molecule has 17 heavy (non-hydrogen) atoms. The lowest BCUT2D eigenvalue weighted by Crippen LogP contribution is -1.89. The molecule has 2 aromatic rings. The van der Waals surface area contributed by atoms with E-state index in [2.05, 4.69) is 15.5 Å². The van der Waals surface area contributed by atoms with E-state index in [4.69, 9.17) is 0 Å². The van der Waals surface area contributed by atoms with Gasteiger partial charge in [-0.25, -0.2) is 4.98 Å². The van der Waals surface area contributed by atoms with Gasteiger partial charge in [-0.3, -0.25) is 10.2 Å². The van der Waals surface area contributed by atoms with Crippen molar-refractivity contribution in [2.24, 2.45) is 5.10 Å². The molecule has 0 unspecified atom stereocenters. The predicted octanol–water partition coefficient (Wildman–Crippen LogP) is 3.16. The topological polar surface area (TPSA) is 54.4 Å². The molecule has 0 atom stereocenters. The normalized spacial score (nSPS) is 10.9. The van der Waals surface area contributed by atoms with Crippen molar-refractivity contribution in [3.63, 3.8) is 0 Å². The summed E-state index contributed by atoms with van der Waals surface area (Å²) in [5, 5.41) is 6.70. The summed E-state index contributed by atoms with van der Waals surface area (Å²) in [5.74, 6) is 0.0373. The van der Waals surface area contributed by atoms with Gasteiger partial charge in [-0.2, -0.15) is 5.10 Å². The van der Waals surface area contributed by atoms with Crippen LogP contribution < -0.4 is 5.43 Å². The fraction of sp³-hybridized carbons (Fsp3) is 0.182. The van der Waals surface area contributed by atoms with E-state index in [0.717, 1.165) is 10.6 Å². The van der Waals surface area contributed by atoms with Crippen molar-refractivity contribution in [3.05, 3.63) is 33.0 Å². The Hall–Kier alpha value is -1.53. The van der Waals surface area contributed by atoms with E-state index in [1.807, 2.05) is 24.4 Å². The van der Waals surface area contributed by atoms with Crippen LogP contribution in [0.1, 0.15) is 27.2 Å². The highest BCUT2D eigenvalue weighted by Gasteiger charge is 2.10. The second-order valence-corrected chi connectivity index (χ2v) is 5.35. The Balaban J connectivity index is 2.05. The van der Waals surface area contributed by atoms with Crippen LogP contribution in [0.4, 0.5) is 5.13 Å². The Morgan fingerprint density at radius 3 is 3.00 bits per heavy atom. The first-order valence-electron chi connectivity index (χ1n) is 4.98. The molecule has 1 N–H and O–H groups in total. The van der Waals surface area contributed by atoms with Crippen molar-refractivity contribution in [1.29, 1.82) is 0 Å². The smallest absolute Gasteiger partial charge is 0.204 e. The number of hydrazone groups is 1. The molecular formula is C11H11N3OS2. The van der Waals surface area contributed by atoms with Crippen molar-refractivity contribution in [2.45, 2.75) is 13.8 Å². The van der Waals surface area contributed by atoms with Crippen LogP contribution in [0.25, 0.3) is 0 Å². The lowest BCUT2D eigenvalue weighted by Gasteiger charge is -1.90. The monoisotopic (exact) mass is 265 g/mol. The zero-order valence-corrected chi connectivity index (χ0v) is 11.1. The van der Waals surface area contributed by atoms with Crippen molar-refractivity contribution in [3.8, 4) is 0 Å². The maximum Gasteiger partial charge on any atom is 0.204 e. The molecule has 2 rings (SSSR count). The van der Waals surface area contributed by atoms with E-state index >= 15 is 0 Å². The number of rotatable bonds is 4. The second kappa shape index (κ2) is 5.20. The fourth-order valence-corrected chi connectivity index (χ4v) is 2.68. The molecule has 0 fully saturated rings. The molecule has 2 aromatic heterocycles. The van der Waals surface area contributed by atoms with Crippen LogP contribution in [-0.2, 0) is 0 Å². The van der Waals surface area contributed by atoms with Gasteiger partial charge in [0.25, 0.3) is 0 Å². The summed E-state index contributed by atoms with van der Waals surface area (Å²) in [5.41, 5.74) is 3.58. The van der Waals surface area contributed by atoms with E-state index in [1.165, 1.54) is 11.3 Å². The SMILES string of the molecule is CC(=O)c1sc(N/N=C\c2cccs2)nc1C. The van der Waals surface area contributed by atoms with Gasteiger partial charge in [-0.15, -0.1) is 11.3 Å². The van der Waals surface area contributed by atoms with E-state index < -0.39 is 0 Å². The van der Waals surface area contributed by atoms with Gasteiger partial charge in [0.15, 0.2) is 5.78 Å². The number of anilines is 1. The molecule has 0 aliphatic heterocycles. The molecule has 0 saturated carbocycles. The van der Waals surface area contributed by atoms with Gasteiger partial charge in [0, 0.05) is 11.8 Å². The minimum Gasteiger partial charge on any atom is -0.294 e. The number of carbonyl (C=O) groups excluding carboxylic acids is 1. The first-order valence-corrected chi connectivity index (χ1v) is 6.67. The van der Waals surface area contributed by atoms with E-state index in [0.29, 0.717) is 10.0 Å². The third-order valence-corrected chi connectivity index (χ3v) is 3.98. The summed E-state index contributed by atoms with van der Waals surface area (Å²) in [4.78, 5) is 17.2. The largest absolute Gasteiger partial charge is 0.294 e. The maximum absolute atomic E-state index is 11.2. The number of nitrogens with one attached hydrogen (secondary N) is 1. The quantitative estimate of drug-likeness (QED) is 0.525. The minimum absolute atomic E-state index is 0.0373. The van der Waals surface area contributed by atoms with Gasteiger partial charge in [-0.1, -0.05) is 17.4 Å². The van der Waals surface area contributed by atoms with Crippen molar-refractivity contribution >= 4 is 39.8 Å². The number of hydrogen-bond acceptors (Lipinski definition) is 6. The Morgan fingerprint density at radius 2 is 2.41 bits per heavy atom. The predicted molar refractivity (Wildman–Crippen MR) is 72.4 cm³/mol. The highest BCUT2D eigenvalue weighted by atomic mass is 32.1. The first kappa shape index (κ1) is 11.9. The third-order valence-electron chi connectivity index (χ3n) is 2.01. The number of Topliss-reactive ketones (excluding diaryl/α,β-unsaturated/α-hetero) is 1. The van der Waals surface area contributed by atoms with Crippen LogP contribution in [0.2, 0.25) is 0 Å². The van der Waals surface area contributed by atoms with Gasteiger partial charge in [0.1, 0.15) is 0 Å². The average Bonchev–Trinajstić information content (AvgIpc) is 2.88. The van der Waals surface area contributed by atoms with Crippen LogP contribution in [0.5, 0.6) is 0 Å². The van der Waals surface area contributed by atoms with Crippen LogP contribution in [0, 0.1) is 6.92 Å². The van der Waals surface area contributed by atoms with Crippen LogP contribution >= 0.6 is 22.7 Å². The summed E-state index contributed by atoms with van der Waals surface area (Å²) in [6.45, 7) is 3.36. The number of thiazole rings is 1. The van der Waals surface area contributed by atoms with Crippen LogP contribution in [0.15, 0.2) is 22.6 Å². The maximum atomic E-state index is 11.2. The van der Waals surface area contributed by atoms with E-state index in [-0.39, 0.29) is 5.78 Å². The van der Waals surface area contributed by atoms with Crippen molar-refractivity contribution in [2.75, 3.05) is 5.43 Å². The Morgan fingerprint density at radius 1 is 1.59 bits per heavy atom. The molecule has 6 heteroatoms. The van der Waals surface area contributed by atoms with Gasteiger partial charge in [0.2, 0.25) is 5.13 Å². The van der Waals surface area contributed by atoms with Gasteiger partial charge in [0.05, 0.1) is 16.8 Å². The third kappa shape index (κ3) is 2.98. The molecular weight excluding hydrogens is 254 g/mol. The molecule has 2 heterocycles.